The number of hydrogen-bond donors (Lipinski definition) is 0. The maximum absolute atomic E-state index is 8.57. The minimum absolute atomic E-state index is 0.965. The summed E-state index contributed by atoms with van der Waals surface area (Å²) in [6.45, 7) is 4.30. The quantitative estimate of drug-likeness (QED) is 0.320. The Morgan fingerprint density at radius 3 is 1.82 bits per heavy atom. The Bertz CT molecular complexity index is 124. The Kier molecular flexibility index (Phi) is 7.06. The highest BCUT2D eigenvalue weighted by atomic mass is 14.9. The normalized spacial score (nSPS) is 9.27. The molecule has 0 aromatic rings. The highest BCUT2D eigenvalue weighted by Gasteiger charge is 2.05. The molecule has 0 saturated heterocycles. The van der Waals surface area contributed by atoms with Gasteiger partial charge >= 0.3 is 0 Å². The standard InChI is InChI=1S/C9H18N2/c1-3-5-7-9(11-10)8-6-4-2/h3-8H2,1-2H3. The van der Waals surface area contributed by atoms with Crippen molar-refractivity contribution in [3.8, 4) is 0 Å². The first-order chi connectivity index (χ1) is 5.35. The number of nitrogens with zero attached hydrogens (tertiary/aromatic N) is 2. The molecule has 0 bridgehead atoms. The third-order valence-corrected chi connectivity index (χ3v) is 1.78. The lowest BCUT2D eigenvalue weighted by Gasteiger charge is -1.92. The molecule has 0 saturated carbocycles. The predicted molar refractivity (Wildman–Crippen MR) is 47.7 cm³/mol. The molecular formula is C9H18N2. The van der Waals surface area contributed by atoms with E-state index in [-0.39, 0.29) is 0 Å². The van der Waals surface area contributed by atoms with Gasteiger partial charge in [-0.2, -0.15) is 4.79 Å². The summed E-state index contributed by atoms with van der Waals surface area (Å²) in [6, 6.07) is 0. The van der Waals surface area contributed by atoms with Crippen molar-refractivity contribution in [3.05, 3.63) is 5.53 Å². The zero-order valence-corrected chi connectivity index (χ0v) is 7.64. The van der Waals surface area contributed by atoms with Crippen molar-refractivity contribution in [1.29, 1.82) is 0 Å². The Hall–Kier alpha value is -0.620. The Balaban J connectivity index is 3.52. The second-order valence-corrected chi connectivity index (χ2v) is 2.87. The van der Waals surface area contributed by atoms with E-state index >= 15 is 0 Å². The molecule has 0 aliphatic rings. The van der Waals surface area contributed by atoms with Crippen LogP contribution in [0.5, 0.6) is 0 Å². The van der Waals surface area contributed by atoms with E-state index in [9.17, 15) is 0 Å². The topological polar surface area (TPSA) is 36.4 Å². The van der Waals surface area contributed by atoms with E-state index in [4.69, 9.17) is 5.53 Å². The van der Waals surface area contributed by atoms with Crippen LogP contribution in [0.15, 0.2) is 0 Å². The fourth-order valence-corrected chi connectivity index (χ4v) is 0.987. The lowest BCUT2D eigenvalue weighted by Crippen LogP contribution is -1.98. The molecule has 0 aromatic carbocycles. The van der Waals surface area contributed by atoms with Crippen LogP contribution in [0.1, 0.15) is 52.4 Å². The Morgan fingerprint density at radius 2 is 1.55 bits per heavy atom. The van der Waals surface area contributed by atoms with E-state index in [0.717, 1.165) is 31.4 Å². The number of unbranched alkanes of at least 4 members (excludes halogenated alkanes) is 2. The van der Waals surface area contributed by atoms with Crippen LogP contribution in [0, 0.1) is 0 Å². The molecule has 0 fully saturated rings. The molecule has 0 unspecified atom stereocenters. The third kappa shape index (κ3) is 5.81. The molecule has 0 heterocycles. The van der Waals surface area contributed by atoms with Gasteiger partial charge in [-0.25, -0.2) is 0 Å². The summed E-state index contributed by atoms with van der Waals surface area (Å²) in [5.74, 6) is 0. The van der Waals surface area contributed by atoms with Crippen LogP contribution in [0.2, 0.25) is 0 Å². The molecule has 0 atom stereocenters. The largest absolute Gasteiger partial charge is 0.362 e. The van der Waals surface area contributed by atoms with E-state index in [1.54, 1.807) is 0 Å². The predicted octanol–water partition coefficient (Wildman–Crippen LogP) is 3.04. The number of rotatable bonds is 6. The summed E-state index contributed by atoms with van der Waals surface area (Å²) < 4.78 is 0. The molecule has 0 aliphatic heterocycles. The van der Waals surface area contributed by atoms with Crippen molar-refractivity contribution in [2.75, 3.05) is 0 Å². The average molecular weight is 154 g/mol. The minimum Gasteiger partial charge on any atom is -0.362 e. The first-order valence-corrected chi connectivity index (χ1v) is 4.54. The zero-order chi connectivity index (χ0) is 8.53. The van der Waals surface area contributed by atoms with Crippen LogP contribution < -0.4 is 0 Å². The van der Waals surface area contributed by atoms with Crippen LogP contribution in [-0.2, 0) is 0 Å². The first kappa shape index (κ1) is 10.4. The summed E-state index contributed by atoms with van der Waals surface area (Å²) in [4.78, 5) is 3.28. The maximum atomic E-state index is 8.57. The fraction of sp³-hybridized carbons (Fsp3) is 0.889. The van der Waals surface area contributed by atoms with Gasteiger partial charge in [-0.05, 0) is 12.8 Å². The highest BCUT2D eigenvalue weighted by molar-refractivity contribution is 5.78. The summed E-state index contributed by atoms with van der Waals surface area (Å²) in [6.07, 6.45) is 6.56. The van der Waals surface area contributed by atoms with Gasteiger partial charge in [-0.3, -0.25) is 0 Å². The van der Waals surface area contributed by atoms with Crippen LogP contribution in [0.3, 0.4) is 0 Å². The average Bonchev–Trinajstić information content (AvgIpc) is 2.05. The van der Waals surface area contributed by atoms with Gasteiger partial charge in [0.1, 0.15) is 0 Å². The van der Waals surface area contributed by atoms with E-state index in [2.05, 4.69) is 18.6 Å². The van der Waals surface area contributed by atoms with Gasteiger partial charge in [0.05, 0.1) is 0 Å². The summed E-state index contributed by atoms with van der Waals surface area (Å²) in [5, 5.41) is 0. The second-order valence-electron chi connectivity index (χ2n) is 2.87. The van der Waals surface area contributed by atoms with Crippen molar-refractivity contribution in [1.82, 2.24) is 0 Å². The van der Waals surface area contributed by atoms with E-state index < -0.39 is 0 Å². The monoisotopic (exact) mass is 154 g/mol. The fourth-order valence-electron chi connectivity index (χ4n) is 0.987. The zero-order valence-electron chi connectivity index (χ0n) is 7.64. The van der Waals surface area contributed by atoms with E-state index in [0.29, 0.717) is 0 Å². The summed E-state index contributed by atoms with van der Waals surface area (Å²) in [5.41, 5.74) is 9.53. The third-order valence-electron chi connectivity index (χ3n) is 1.78. The lowest BCUT2D eigenvalue weighted by molar-refractivity contribution is -0.0117. The lowest BCUT2D eigenvalue weighted by atomic mass is 10.1. The molecule has 11 heavy (non-hydrogen) atoms. The molecule has 0 N–H and O–H groups in total. The molecule has 2 heteroatoms. The molecular weight excluding hydrogens is 136 g/mol. The van der Waals surface area contributed by atoms with E-state index in [1.807, 2.05) is 0 Å². The molecule has 64 valence electrons. The van der Waals surface area contributed by atoms with E-state index in [1.165, 1.54) is 12.8 Å². The number of hydrogen-bond acceptors (Lipinski definition) is 0. The molecule has 2 nitrogen and oxygen atoms in total. The van der Waals surface area contributed by atoms with Crippen LogP contribution in [0.25, 0.3) is 5.53 Å². The SMILES string of the molecule is CCCCC(CCCC)=[N+]=[N-]. The molecule has 0 aromatic heterocycles. The second kappa shape index (κ2) is 7.49. The molecule has 0 amide bonds. The maximum Gasteiger partial charge on any atom is 0.268 e. The summed E-state index contributed by atoms with van der Waals surface area (Å²) >= 11 is 0. The smallest absolute Gasteiger partial charge is 0.268 e. The molecule has 0 spiro atoms. The van der Waals surface area contributed by atoms with Gasteiger partial charge in [-0.15, -0.1) is 0 Å². The van der Waals surface area contributed by atoms with Crippen molar-refractivity contribution >= 4 is 5.71 Å². The van der Waals surface area contributed by atoms with Gasteiger partial charge in [0.25, 0.3) is 5.71 Å². The molecule has 0 aliphatic carbocycles. The van der Waals surface area contributed by atoms with Gasteiger partial charge in [0.2, 0.25) is 0 Å². The van der Waals surface area contributed by atoms with Gasteiger partial charge < -0.3 is 5.53 Å². The highest BCUT2D eigenvalue weighted by Crippen LogP contribution is 2.02. The van der Waals surface area contributed by atoms with Gasteiger partial charge in [0, 0.05) is 12.8 Å². The molecule has 0 rings (SSSR count). The Labute approximate surface area is 69.2 Å². The van der Waals surface area contributed by atoms with Crippen LogP contribution >= 0.6 is 0 Å². The van der Waals surface area contributed by atoms with Crippen molar-refractivity contribution in [3.63, 3.8) is 0 Å². The molecule has 0 radical (unpaired) electrons. The van der Waals surface area contributed by atoms with Crippen LogP contribution in [0.4, 0.5) is 0 Å². The van der Waals surface area contributed by atoms with Gasteiger partial charge in [0.15, 0.2) is 0 Å². The first-order valence-electron chi connectivity index (χ1n) is 4.54. The van der Waals surface area contributed by atoms with Crippen molar-refractivity contribution in [2.45, 2.75) is 52.4 Å². The van der Waals surface area contributed by atoms with Crippen molar-refractivity contribution < 1.29 is 4.79 Å². The van der Waals surface area contributed by atoms with Crippen LogP contribution in [-0.4, -0.2) is 10.5 Å². The van der Waals surface area contributed by atoms with Crippen molar-refractivity contribution in [2.24, 2.45) is 0 Å². The summed E-state index contributed by atoms with van der Waals surface area (Å²) in [7, 11) is 0. The Morgan fingerprint density at radius 1 is 1.09 bits per heavy atom. The minimum atomic E-state index is 0.965. The van der Waals surface area contributed by atoms with Gasteiger partial charge in [-0.1, -0.05) is 26.7 Å².